The molecule has 1 aromatic heterocycles. The molecule has 6 nitrogen and oxygen atoms in total. The summed E-state index contributed by atoms with van der Waals surface area (Å²) in [5, 5.41) is 0. The molecule has 0 saturated heterocycles. The number of ether oxygens (including phenoxy) is 2. The molecule has 31 heavy (non-hydrogen) atoms. The Morgan fingerprint density at radius 2 is 1.97 bits per heavy atom. The summed E-state index contributed by atoms with van der Waals surface area (Å²) in [6, 6.07) is 12.7. The smallest absolute Gasteiger partial charge is 0.248 e. The summed E-state index contributed by atoms with van der Waals surface area (Å²) in [5.74, 6) is 0.810. The molecule has 0 bridgehead atoms. The van der Waals surface area contributed by atoms with Crippen molar-refractivity contribution in [2.75, 3.05) is 6.61 Å². The molecule has 2 heterocycles. The summed E-state index contributed by atoms with van der Waals surface area (Å²) in [5.41, 5.74) is 9.82. The molecular formula is C25H24N2O4. The highest BCUT2D eigenvalue weighted by molar-refractivity contribution is 6.02. The lowest BCUT2D eigenvalue weighted by atomic mass is 9.91. The standard InChI is InChI=1S/C25H24N2O4/c1-2-4-19-23(31-15-16-7-10-27-11-8-16)20(14-21-22(28)9-12-30-24(19)21)17-5-3-6-18(13-17)25(26)29/h3,5-8,10-11,13-14H,2,4,9,12,15H2,1H3,(H2,26,29). The summed E-state index contributed by atoms with van der Waals surface area (Å²) in [6.45, 7) is 2.78. The van der Waals surface area contributed by atoms with Gasteiger partial charge in [0.25, 0.3) is 0 Å². The highest BCUT2D eigenvalue weighted by atomic mass is 16.5. The third kappa shape index (κ3) is 4.28. The number of primary amides is 1. The predicted octanol–water partition coefficient (Wildman–Crippen LogP) is 4.34. The number of benzene rings is 2. The third-order valence-corrected chi connectivity index (χ3v) is 5.29. The average Bonchev–Trinajstić information content (AvgIpc) is 2.79. The van der Waals surface area contributed by atoms with Gasteiger partial charge < -0.3 is 15.2 Å². The summed E-state index contributed by atoms with van der Waals surface area (Å²) in [6.07, 6.45) is 5.34. The molecule has 6 heteroatoms. The highest BCUT2D eigenvalue weighted by Crippen LogP contribution is 2.44. The minimum atomic E-state index is -0.507. The van der Waals surface area contributed by atoms with E-state index in [1.165, 1.54) is 0 Å². The summed E-state index contributed by atoms with van der Waals surface area (Å²) < 4.78 is 12.3. The number of hydrogen-bond donors (Lipinski definition) is 1. The minimum Gasteiger partial charge on any atom is -0.492 e. The van der Waals surface area contributed by atoms with Crippen LogP contribution in [0.15, 0.2) is 54.9 Å². The van der Waals surface area contributed by atoms with Crippen molar-refractivity contribution in [1.29, 1.82) is 0 Å². The van der Waals surface area contributed by atoms with Gasteiger partial charge in [-0.3, -0.25) is 14.6 Å². The van der Waals surface area contributed by atoms with Gasteiger partial charge in [0.05, 0.1) is 12.2 Å². The van der Waals surface area contributed by atoms with Crippen molar-refractivity contribution in [2.24, 2.45) is 5.73 Å². The van der Waals surface area contributed by atoms with E-state index < -0.39 is 5.91 Å². The Hall–Kier alpha value is -3.67. The second kappa shape index (κ2) is 9.00. The topological polar surface area (TPSA) is 91.5 Å². The first-order chi connectivity index (χ1) is 15.1. The average molecular weight is 416 g/mol. The van der Waals surface area contributed by atoms with E-state index in [0.29, 0.717) is 48.7 Å². The fourth-order valence-corrected chi connectivity index (χ4v) is 3.79. The van der Waals surface area contributed by atoms with E-state index in [0.717, 1.165) is 28.7 Å². The molecule has 0 radical (unpaired) electrons. The van der Waals surface area contributed by atoms with Crippen LogP contribution in [0.3, 0.4) is 0 Å². The summed E-state index contributed by atoms with van der Waals surface area (Å²) in [7, 11) is 0. The zero-order chi connectivity index (χ0) is 21.8. The van der Waals surface area contributed by atoms with E-state index >= 15 is 0 Å². The van der Waals surface area contributed by atoms with Crippen LogP contribution < -0.4 is 15.2 Å². The van der Waals surface area contributed by atoms with E-state index in [2.05, 4.69) is 11.9 Å². The molecule has 0 unspecified atom stereocenters. The van der Waals surface area contributed by atoms with Crippen molar-refractivity contribution in [3.63, 3.8) is 0 Å². The zero-order valence-electron chi connectivity index (χ0n) is 17.4. The van der Waals surface area contributed by atoms with Crippen LogP contribution in [0, 0.1) is 0 Å². The maximum atomic E-state index is 12.7. The predicted molar refractivity (Wildman–Crippen MR) is 117 cm³/mol. The van der Waals surface area contributed by atoms with E-state index in [1.54, 1.807) is 30.6 Å². The number of hydrogen-bond acceptors (Lipinski definition) is 5. The Morgan fingerprint density at radius 1 is 1.16 bits per heavy atom. The zero-order valence-corrected chi connectivity index (χ0v) is 17.4. The molecule has 0 fully saturated rings. The van der Waals surface area contributed by atoms with Gasteiger partial charge in [-0.05, 0) is 47.9 Å². The lowest BCUT2D eigenvalue weighted by Gasteiger charge is -2.25. The number of ketones is 1. The molecule has 1 aliphatic heterocycles. The maximum Gasteiger partial charge on any atom is 0.248 e. The van der Waals surface area contributed by atoms with Crippen LogP contribution in [0.25, 0.3) is 11.1 Å². The van der Waals surface area contributed by atoms with Gasteiger partial charge in [-0.15, -0.1) is 0 Å². The molecule has 1 aliphatic rings. The largest absolute Gasteiger partial charge is 0.492 e. The number of Topliss-reactive ketones (excluding diaryl/α,β-unsaturated/α-hetero) is 1. The molecule has 0 spiro atoms. The number of fused-ring (bicyclic) bond motifs is 1. The van der Waals surface area contributed by atoms with Crippen molar-refractivity contribution >= 4 is 11.7 Å². The van der Waals surface area contributed by atoms with Crippen molar-refractivity contribution < 1.29 is 19.1 Å². The number of nitrogens with two attached hydrogens (primary N) is 1. The fraction of sp³-hybridized carbons (Fsp3) is 0.240. The number of aromatic nitrogens is 1. The SMILES string of the molecule is CCCc1c2c(cc(-c3cccc(C(N)=O)c3)c1OCc1ccncc1)C(=O)CCO2. The van der Waals surface area contributed by atoms with Gasteiger partial charge in [-0.1, -0.05) is 25.5 Å². The van der Waals surface area contributed by atoms with Gasteiger partial charge in [-0.25, -0.2) is 0 Å². The van der Waals surface area contributed by atoms with Gasteiger partial charge in [0.15, 0.2) is 5.78 Å². The number of amides is 1. The Morgan fingerprint density at radius 3 is 2.71 bits per heavy atom. The lowest BCUT2D eigenvalue weighted by Crippen LogP contribution is -2.18. The van der Waals surface area contributed by atoms with Crippen LogP contribution >= 0.6 is 0 Å². The first kappa shape index (κ1) is 20.6. The normalized spacial score (nSPS) is 12.7. The van der Waals surface area contributed by atoms with Crippen LogP contribution in [0.1, 0.15) is 51.6 Å². The minimum absolute atomic E-state index is 0.0478. The Balaban J connectivity index is 1.89. The molecule has 158 valence electrons. The first-order valence-electron chi connectivity index (χ1n) is 10.4. The van der Waals surface area contributed by atoms with Crippen molar-refractivity contribution in [3.05, 3.63) is 77.1 Å². The molecule has 3 aromatic rings. The highest BCUT2D eigenvalue weighted by Gasteiger charge is 2.27. The van der Waals surface area contributed by atoms with Gasteiger partial charge in [-0.2, -0.15) is 0 Å². The quantitative estimate of drug-likeness (QED) is 0.618. The van der Waals surface area contributed by atoms with Crippen LogP contribution in [-0.4, -0.2) is 23.3 Å². The van der Waals surface area contributed by atoms with Gasteiger partial charge in [0, 0.05) is 35.5 Å². The molecular weight excluding hydrogens is 392 g/mol. The number of pyridine rings is 1. The number of rotatable bonds is 7. The second-order valence-corrected chi connectivity index (χ2v) is 7.47. The molecule has 2 N–H and O–H groups in total. The Labute approximate surface area is 181 Å². The van der Waals surface area contributed by atoms with Gasteiger partial charge >= 0.3 is 0 Å². The van der Waals surface area contributed by atoms with Crippen LogP contribution in [0.5, 0.6) is 11.5 Å². The molecule has 4 rings (SSSR count). The van der Waals surface area contributed by atoms with Gasteiger partial charge in [0.1, 0.15) is 18.1 Å². The molecule has 0 saturated carbocycles. The first-order valence-corrected chi connectivity index (χ1v) is 10.4. The van der Waals surface area contributed by atoms with Crippen molar-refractivity contribution in [3.8, 4) is 22.6 Å². The van der Waals surface area contributed by atoms with Crippen molar-refractivity contribution in [2.45, 2.75) is 32.8 Å². The van der Waals surface area contributed by atoms with Crippen LogP contribution in [0.2, 0.25) is 0 Å². The molecule has 0 atom stereocenters. The van der Waals surface area contributed by atoms with Crippen LogP contribution in [0.4, 0.5) is 0 Å². The molecule has 2 aromatic carbocycles. The van der Waals surface area contributed by atoms with Crippen LogP contribution in [-0.2, 0) is 13.0 Å². The Kier molecular flexibility index (Phi) is 5.98. The summed E-state index contributed by atoms with van der Waals surface area (Å²) in [4.78, 5) is 28.5. The van der Waals surface area contributed by atoms with E-state index in [4.69, 9.17) is 15.2 Å². The lowest BCUT2D eigenvalue weighted by molar-refractivity contribution is 0.0931. The van der Waals surface area contributed by atoms with E-state index in [-0.39, 0.29) is 5.78 Å². The summed E-state index contributed by atoms with van der Waals surface area (Å²) >= 11 is 0. The van der Waals surface area contributed by atoms with Crippen molar-refractivity contribution in [1.82, 2.24) is 4.98 Å². The number of carbonyl (C=O) groups is 2. The Bertz CT molecular complexity index is 1130. The van der Waals surface area contributed by atoms with E-state index in [1.807, 2.05) is 24.3 Å². The molecule has 1 amide bonds. The second-order valence-electron chi connectivity index (χ2n) is 7.47. The third-order valence-electron chi connectivity index (χ3n) is 5.29. The van der Waals surface area contributed by atoms with E-state index in [9.17, 15) is 9.59 Å². The number of carbonyl (C=O) groups excluding carboxylic acids is 2. The monoisotopic (exact) mass is 416 g/mol. The number of nitrogens with zero attached hydrogens (tertiary/aromatic N) is 1. The van der Waals surface area contributed by atoms with Gasteiger partial charge in [0.2, 0.25) is 5.91 Å². The fourth-order valence-electron chi connectivity index (χ4n) is 3.79. The molecule has 0 aliphatic carbocycles. The maximum absolute atomic E-state index is 12.7.